The molecule has 3 aromatic carbocycles. The Bertz CT molecular complexity index is 1090. The van der Waals surface area contributed by atoms with Crippen molar-refractivity contribution in [2.75, 3.05) is 0 Å². The number of halogens is 1. The molecule has 3 aromatic rings. The molecule has 0 aliphatic carbocycles. The zero-order valence-electron chi connectivity index (χ0n) is 24.1. The third kappa shape index (κ3) is 5.72. The highest BCUT2D eigenvalue weighted by atomic mass is 35.6. The molecule has 0 radical (unpaired) electrons. The van der Waals surface area contributed by atoms with E-state index < -0.39 is 31.6 Å². The molecule has 0 saturated heterocycles. The first kappa shape index (κ1) is 28.4. The van der Waals surface area contributed by atoms with E-state index >= 15 is 0 Å². The fourth-order valence-corrected chi connectivity index (χ4v) is 15.5. The van der Waals surface area contributed by atoms with E-state index in [0.29, 0.717) is 0 Å². The molecule has 0 saturated carbocycles. The molecule has 0 nitrogen and oxygen atoms in total. The van der Waals surface area contributed by atoms with Crippen LogP contribution in [0.25, 0.3) is 0 Å². The summed E-state index contributed by atoms with van der Waals surface area (Å²) in [5, 5.41) is 8.58. The smallest absolute Gasteiger partial charge is 0.149 e. The molecule has 3 rings (SSSR count). The molecular formula is C30H45ClSi4. The fraction of sp³-hybridized carbons (Fsp3) is 0.400. The van der Waals surface area contributed by atoms with Crippen LogP contribution in [0, 0.1) is 20.8 Å². The Hall–Kier alpha value is -1.18. The van der Waals surface area contributed by atoms with E-state index in [1.54, 1.807) is 0 Å². The van der Waals surface area contributed by atoms with Crippen molar-refractivity contribution in [1.29, 1.82) is 0 Å². The van der Waals surface area contributed by atoms with E-state index in [1.165, 1.54) is 47.8 Å². The summed E-state index contributed by atoms with van der Waals surface area (Å²) >= 11 is 8.12. The average Bonchev–Trinajstić information content (AvgIpc) is 2.71. The Balaban J connectivity index is 2.43. The van der Waals surface area contributed by atoms with Crippen LogP contribution in [0.1, 0.15) is 16.7 Å². The third-order valence-corrected chi connectivity index (χ3v) is 19.1. The second-order valence-corrected chi connectivity index (χ2v) is 33.4. The minimum atomic E-state index is -2.74. The molecule has 188 valence electrons. The SMILES string of the molecule is Cc1ccc([Si](Cl)(c2ccc(C)c([Si](C)(C)C)c2)c2ccc(C)c([Si](C)(C)C)c2)cc1[Si](C)(C)C. The van der Waals surface area contributed by atoms with Crippen LogP contribution in [0.4, 0.5) is 0 Å². The number of benzene rings is 3. The summed E-state index contributed by atoms with van der Waals surface area (Å²) in [6.45, 7) is 28.8. The molecule has 5 heteroatoms. The topological polar surface area (TPSA) is 0 Å². The van der Waals surface area contributed by atoms with E-state index in [9.17, 15) is 0 Å². The molecule has 0 spiro atoms. The molecule has 0 bridgehead atoms. The summed E-state index contributed by atoms with van der Waals surface area (Å²) in [6, 6.07) is 21.5. The van der Waals surface area contributed by atoms with E-state index in [4.69, 9.17) is 11.1 Å². The largest absolute Gasteiger partial charge is 0.247 e. The Morgan fingerprint density at radius 1 is 0.429 bits per heavy atom. The zero-order chi connectivity index (χ0) is 26.6. The molecule has 0 heterocycles. The number of hydrogen-bond acceptors (Lipinski definition) is 0. The summed E-state index contributed by atoms with van der Waals surface area (Å²) in [4.78, 5) is 0. The highest BCUT2D eigenvalue weighted by molar-refractivity contribution is 7.40. The number of hydrogen-bond donors (Lipinski definition) is 0. The van der Waals surface area contributed by atoms with Gasteiger partial charge in [-0.1, -0.05) is 146 Å². The van der Waals surface area contributed by atoms with Crippen LogP contribution in [-0.4, -0.2) is 31.6 Å². The van der Waals surface area contributed by atoms with Crippen molar-refractivity contribution >= 4 is 73.8 Å². The molecule has 0 aromatic heterocycles. The normalized spacial score (nSPS) is 13.3. The Labute approximate surface area is 223 Å². The van der Waals surface area contributed by atoms with E-state index in [2.05, 4.69) is 134 Å². The average molecular weight is 553 g/mol. The van der Waals surface area contributed by atoms with E-state index in [0.717, 1.165) is 0 Å². The Kier molecular flexibility index (Phi) is 7.79. The van der Waals surface area contributed by atoms with Gasteiger partial charge < -0.3 is 0 Å². The van der Waals surface area contributed by atoms with Crippen LogP contribution >= 0.6 is 11.1 Å². The van der Waals surface area contributed by atoms with Gasteiger partial charge in [-0.25, -0.2) is 0 Å². The second kappa shape index (κ2) is 9.60. The van der Waals surface area contributed by atoms with Gasteiger partial charge in [0.1, 0.15) is 0 Å². The molecule has 0 aliphatic rings. The van der Waals surface area contributed by atoms with Crippen LogP contribution in [0.3, 0.4) is 0 Å². The minimum Gasteiger partial charge on any atom is -0.149 e. The van der Waals surface area contributed by atoms with Crippen molar-refractivity contribution in [3.8, 4) is 0 Å². The number of rotatable bonds is 6. The zero-order valence-corrected chi connectivity index (χ0v) is 28.8. The van der Waals surface area contributed by atoms with Crippen LogP contribution < -0.4 is 31.1 Å². The molecule has 0 atom stereocenters. The minimum absolute atomic E-state index is 1.33. The second-order valence-electron chi connectivity index (χ2n) is 13.5. The lowest BCUT2D eigenvalue weighted by molar-refractivity contribution is 1.49. The predicted octanol–water partition coefficient (Wildman–Crippen LogP) is 5.45. The van der Waals surface area contributed by atoms with Crippen molar-refractivity contribution in [2.24, 2.45) is 0 Å². The van der Waals surface area contributed by atoms with Crippen molar-refractivity contribution in [2.45, 2.75) is 79.7 Å². The van der Waals surface area contributed by atoms with Gasteiger partial charge in [0, 0.05) is 0 Å². The van der Waals surface area contributed by atoms with Gasteiger partial charge in [-0.2, -0.15) is 0 Å². The lowest BCUT2D eigenvalue weighted by Crippen LogP contribution is -2.65. The first-order chi connectivity index (χ1) is 15.9. The molecule has 0 amide bonds. The van der Waals surface area contributed by atoms with Gasteiger partial charge in [0.05, 0.1) is 24.2 Å². The van der Waals surface area contributed by atoms with Crippen molar-refractivity contribution in [3.63, 3.8) is 0 Å². The van der Waals surface area contributed by atoms with E-state index in [1.807, 2.05) is 0 Å². The summed E-state index contributed by atoms with van der Waals surface area (Å²) in [5.41, 5.74) is 4.21. The molecule has 0 aliphatic heterocycles. The maximum absolute atomic E-state index is 8.12. The summed E-state index contributed by atoms with van der Waals surface area (Å²) in [7, 11) is -7.27. The first-order valence-electron chi connectivity index (χ1n) is 12.9. The summed E-state index contributed by atoms with van der Waals surface area (Å²) < 4.78 is 0. The summed E-state index contributed by atoms with van der Waals surface area (Å²) in [5.74, 6) is 0. The first-order valence-corrected chi connectivity index (χ1v) is 26.4. The maximum atomic E-state index is 8.12. The van der Waals surface area contributed by atoms with Gasteiger partial charge in [-0.15, -0.1) is 11.1 Å². The van der Waals surface area contributed by atoms with Gasteiger partial charge in [0.2, 0.25) is 7.38 Å². The van der Waals surface area contributed by atoms with E-state index in [-0.39, 0.29) is 0 Å². The highest BCUT2D eigenvalue weighted by Gasteiger charge is 2.40. The van der Waals surface area contributed by atoms with Crippen LogP contribution in [0.15, 0.2) is 54.6 Å². The van der Waals surface area contributed by atoms with Gasteiger partial charge in [-0.3, -0.25) is 0 Å². The molecule has 0 N–H and O–H groups in total. The van der Waals surface area contributed by atoms with Crippen molar-refractivity contribution in [1.82, 2.24) is 0 Å². The van der Waals surface area contributed by atoms with Crippen molar-refractivity contribution < 1.29 is 0 Å². The highest BCUT2D eigenvalue weighted by Crippen LogP contribution is 2.17. The Morgan fingerprint density at radius 2 is 0.657 bits per heavy atom. The van der Waals surface area contributed by atoms with Crippen molar-refractivity contribution in [3.05, 3.63) is 71.3 Å². The van der Waals surface area contributed by atoms with Crippen LogP contribution in [0.2, 0.25) is 58.9 Å². The number of aryl methyl sites for hydroxylation is 3. The molecular weight excluding hydrogens is 508 g/mol. The summed E-state index contributed by atoms with van der Waals surface area (Å²) in [6.07, 6.45) is 0. The van der Waals surface area contributed by atoms with Crippen LogP contribution in [-0.2, 0) is 0 Å². The van der Waals surface area contributed by atoms with Gasteiger partial charge in [-0.05, 0) is 36.3 Å². The molecule has 0 unspecified atom stereocenters. The van der Waals surface area contributed by atoms with Gasteiger partial charge >= 0.3 is 0 Å². The standard InChI is InChI=1S/C30H45ClSi4/c1-22-13-16-25(19-28(22)32(4,5)6)35(31,26-17-14-23(2)29(20-26)33(7,8)9)27-18-15-24(3)30(21-27)34(10,11)12/h13-21H,1-12H3. The fourth-order valence-electron chi connectivity index (χ4n) is 5.43. The van der Waals surface area contributed by atoms with Gasteiger partial charge in [0.25, 0.3) is 0 Å². The predicted molar refractivity (Wildman–Crippen MR) is 173 cm³/mol. The van der Waals surface area contributed by atoms with Crippen LogP contribution in [0.5, 0.6) is 0 Å². The molecule has 35 heavy (non-hydrogen) atoms. The quantitative estimate of drug-likeness (QED) is 0.216. The molecule has 0 fully saturated rings. The van der Waals surface area contributed by atoms with Gasteiger partial charge in [0.15, 0.2) is 0 Å². The maximum Gasteiger partial charge on any atom is 0.247 e. The Morgan fingerprint density at radius 3 is 0.857 bits per heavy atom. The lowest BCUT2D eigenvalue weighted by atomic mass is 10.2. The monoisotopic (exact) mass is 552 g/mol. The lowest BCUT2D eigenvalue weighted by Gasteiger charge is -2.32. The third-order valence-electron chi connectivity index (χ3n) is 7.33.